The molecule has 0 fully saturated rings. The molecule has 3 aromatic rings. The first-order chi connectivity index (χ1) is 10.2. The van der Waals surface area contributed by atoms with Crippen molar-refractivity contribution in [2.24, 2.45) is 0 Å². The summed E-state index contributed by atoms with van der Waals surface area (Å²) in [4.78, 5) is 4.02. The molecule has 21 heavy (non-hydrogen) atoms. The summed E-state index contributed by atoms with van der Waals surface area (Å²) >= 11 is 0. The number of hydrogen-bond donors (Lipinski definition) is 0. The Labute approximate surface area is 121 Å². The van der Waals surface area contributed by atoms with E-state index in [1.165, 1.54) is 24.4 Å². The monoisotopic (exact) mass is 285 g/mol. The van der Waals surface area contributed by atoms with Gasteiger partial charge in [0.05, 0.1) is 6.61 Å². The summed E-state index contributed by atoms with van der Waals surface area (Å²) < 4.78 is 32.2. The summed E-state index contributed by atoms with van der Waals surface area (Å²) in [5, 5.41) is 0.650. The first-order valence-electron chi connectivity index (χ1n) is 6.64. The van der Waals surface area contributed by atoms with Crippen molar-refractivity contribution in [3.05, 3.63) is 71.9 Å². The highest BCUT2D eigenvalue weighted by molar-refractivity contribution is 5.85. The average molecular weight is 285 g/mol. The van der Waals surface area contributed by atoms with E-state index in [2.05, 4.69) is 4.98 Å². The van der Waals surface area contributed by atoms with Gasteiger partial charge in [-0.25, -0.2) is 8.78 Å². The van der Waals surface area contributed by atoms with Crippen LogP contribution >= 0.6 is 0 Å². The van der Waals surface area contributed by atoms with Crippen molar-refractivity contribution < 1.29 is 13.5 Å². The third-order valence-electron chi connectivity index (χ3n) is 3.24. The number of ether oxygens (including phenoxy) is 1. The fraction of sp³-hybridized carbons (Fsp3) is 0.118. The quantitative estimate of drug-likeness (QED) is 0.719. The zero-order valence-electron chi connectivity index (χ0n) is 11.2. The summed E-state index contributed by atoms with van der Waals surface area (Å²) in [6, 6.07) is 12.8. The Kier molecular flexibility index (Phi) is 3.77. The maximum absolute atomic E-state index is 13.6. The predicted molar refractivity (Wildman–Crippen MR) is 77.3 cm³/mol. The van der Waals surface area contributed by atoms with Gasteiger partial charge in [0.1, 0.15) is 22.9 Å². The van der Waals surface area contributed by atoms with Gasteiger partial charge in [0.2, 0.25) is 0 Å². The van der Waals surface area contributed by atoms with Crippen molar-refractivity contribution in [3.8, 4) is 5.75 Å². The first kappa shape index (κ1) is 13.5. The van der Waals surface area contributed by atoms with Crippen molar-refractivity contribution >= 4 is 10.9 Å². The van der Waals surface area contributed by atoms with Crippen LogP contribution in [0, 0.1) is 11.6 Å². The summed E-state index contributed by atoms with van der Waals surface area (Å²) in [7, 11) is 0. The van der Waals surface area contributed by atoms with Crippen molar-refractivity contribution in [1.29, 1.82) is 0 Å². The molecule has 2 aromatic carbocycles. The molecular weight excluding hydrogens is 272 g/mol. The van der Waals surface area contributed by atoms with Crippen molar-refractivity contribution in [2.45, 2.75) is 6.42 Å². The van der Waals surface area contributed by atoms with E-state index in [1.807, 2.05) is 0 Å². The number of halogens is 2. The molecule has 106 valence electrons. The third-order valence-corrected chi connectivity index (χ3v) is 3.24. The molecule has 0 bridgehead atoms. The number of pyridine rings is 1. The highest BCUT2D eigenvalue weighted by Crippen LogP contribution is 2.25. The molecule has 0 aliphatic rings. The summed E-state index contributed by atoms with van der Waals surface area (Å²) in [6.45, 7) is 0.432. The van der Waals surface area contributed by atoms with Crippen LogP contribution in [-0.4, -0.2) is 11.6 Å². The highest BCUT2D eigenvalue weighted by Gasteiger charge is 2.06. The molecule has 0 saturated carbocycles. The molecule has 2 nitrogen and oxygen atoms in total. The molecule has 0 saturated heterocycles. The fourth-order valence-corrected chi connectivity index (χ4v) is 2.17. The molecule has 0 atom stereocenters. The molecule has 0 N–H and O–H groups in total. The van der Waals surface area contributed by atoms with E-state index in [0.29, 0.717) is 29.7 Å². The van der Waals surface area contributed by atoms with Crippen LogP contribution in [0.3, 0.4) is 0 Å². The second-order valence-electron chi connectivity index (χ2n) is 4.67. The Morgan fingerprint density at radius 1 is 0.952 bits per heavy atom. The molecule has 0 spiro atoms. The van der Waals surface area contributed by atoms with Crippen LogP contribution < -0.4 is 4.74 Å². The Hall–Kier alpha value is -2.49. The van der Waals surface area contributed by atoms with E-state index < -0.39 is 0 Å². The molecule has 3 rings (SSSR count). The Morgan fingerprint density at radius 2 is 1.76 bits per heavy atom. The lowest BCUT2D eigenvalue weighted by atomic mass is 10.1. The van der Waals surface area contributed by atoms with E-state index in [4.69, 9.17) is 4.74 Å². The zero-order valence-corrected chi connectivity index (χ0v) is 11.2. The van der Waals surface area contributed by atoms with Crippen LogP contribution in [0.25, 0.3) is 10.9 Å². The zero-order chi connectivity index (χ0) is 14.7. The standard InChI is InChI=1S/C17H13F2NO/c18-13-6-4-12(5-7-13)9-11-21-16-8-10-20-17-14(16)2-1-3-15(17)19/h1-8,10H,9,11H2. The highest BCUT2D eigenvalue weighted by atomic mass is 19.1. The van der Waals surface area contributed by atoms with Crippen LogP contribution in [0.15, 0.2) is 54.7 Å². The lowest BCUT2D eigenvalue weighted by Gasteiger charge is -2.09. The van der Waals surface area contributed by atoms with Crippen molar-refractivity contribution in [3.63, 3.8) is 0 Å². The molecule has 4 heteroatoms. The minimum Gasteiger partial charge on any atom is -0.492 e. The fourth-order valence-electron chi connectivity index (χ4n) is 2.17. The number of rotatable bonds is 4. The van der Waals surface area contributed by atoms with Gasteiger partial charge in [0.25, 0.3) is 0 Å². The van der Waals surface area contributed by atoms with Gasteiger partial charge < -0.3 is 4.74 Å². The Bertz CT molecular complexity index is 756. The second-order valence-corrected chi connectivity index (χ2v) is 4.67. The maximum Gasteiger partial charge on any atom is 0.149 e. The Balaban J connectivity index is 1.73. The number of benzene rings is 2. The van der Waals surface area contributed by atoms with Crippen molar-refractivity contribution in [2.75, 3.05) is 6.61 Å². The molecule has 0 radical (unpaired) electrons. The number of fused-ring (bicyclic) bond motifs is 1. The maximum atomic E-state index is 13.6. The summed E-state index contributed by atoms with van der Waals surface area (Å²) in [5.41, 5.74) is 1.29. The number of hydrogen-bond acceptors (Lipinski definition) is 2. The van der Waals surface area contributed by atoms with Gasteiger partial charge in [0, 0.05) is 18.0 Å². The number of para-hydroxylation sites is 1. The lowest BCUT2D eigenvalue weighted by Crippen LogP contribution is -2.02. The third kappa shape index (κ3) is 2.99. The molecule has 0 amide bonds. The van der Waals surface area contributed by atoms with E-state index in [0.717, 1.165) is 5.56 Å². The Morgan fingerprint density at radius 3 is 2.57 bits per heavy atom. The normalized spacial score (nSPS) is 10.8. The van der Waals surface area contributed by atoms with Gasteiger partial charge in [-0.05, 0) is 35.9 Å². The molecule has 1 aromatic heterocycles. The van der Waals surface area contributed by atoms with Gasteiger partial charge in [-0.15, -0.1) is 0 Å². The van der Waals surface area contributed by atoms with Gasteiger partial charge >= 0.3 is 0 Å². The van der Waals surface area contributed by atoms with Gasteiger partial charge in [-0.1, -0.05) is 18.2 Å². The van der Waals surface area contributed by atoms with Crippen LogP contribution in [-0.2, 0) is 6.42 Å². The lowest BCUT2D eigenvalue weighted by molar-refractivity contribution is 0.325. The van der Waals surface area contributed by atoms with Crippen LogP contribution in [0.2, 0.25) is 0 Å². The van der Waals surface area contributed by atoms with Gasteiger partial charge in [-0.2, -0.15) is 0 Å². The summed E-state index contributed by atoms with van der Waals surface area (Å²) in [6.07, 6.45) is 2.18. The smallest absolute Gasteiger partial charge is 0.149 e. The topological polar surface area (TPSA) is 22.1 Å². The van der Waals surface area contributed by atoms with E-state index in [-0.39, 0.29) is 11.6 Å². The predicted octanol–water partition coefficient (Wildman–Crippen LogP) is 4.13. The van der Waals surface area contributed by atoms with Gasteiger partial charge in [0.15, 0.2) is 0 Å². The number of aromatic nitrogens is 1. The average Bonchev–Trinajstić information content (AvgIpc) is 2.50. The minimum atomic E-state index is -0.364. The minimum absolute atomic E-state index is 0.254. The van der Waals surface area contributed by atoms with E-state index in [1.54, 1.807) is 30.3 Å². The molecule has 0 aliphatic carbocycles. The first-order valence-corrected chi connectivity index (χ1v) is 6.64. The second kappa shape index (κ2) is 5.87. The van der Waals surface area contributed by atoms with Crippen molar-refractivity contribution in [1.82, 2.24) is 4.98 Å². The van der Waals surface area contributed by atoms with Gasteiger partial charge in [-0.3, -0.25) is 4.98 Å². The molecule has 1 heterocycles. The SMILES string of the molecule is Fc1ccc(CCOc2ccnc3c(F)cccc23)cc1. The number of nitrogens with zero attached hydrogens (tertiary/aromatic N) is 1. The van der Waals surface area contributed by atoms with Crippen LogP contribution in [0.4, 0.5) is 8.78 Å². The molecular formula is C17H13F2NO. The van der Waals surface area contributed by atoms with Crippen LogP contribution in [0.1, 0.15) is 5.56 Å². The summed E-state index contributed by atoms with van der Waals surface area (Å²) in [5.74, 6) is -0.0200. The molecule has 0 aliphatic heterocycles. The molecule has 0 unspecified atom stereocenters. The largest absolute Gasteiger partial charge is 0.492 e. The van der Waals surface area contributed by atoms with E-state index in [9.17, 15) is 8.78 Å². The van der Waals surface area contributed by atoms with E-state index >= 15 is 0 Å². The van der Waals surface area contributed by atoms with Crippen LogP contribution in [0.5, 0.6) is 5.75 Å².